The topological polar surface area (TPSA) is 204 Å². The van der Waals surface area contributed by atoms with Crippen LogP contribution < -0.4 is 21.3 Å². The number of benzene rings is 1. The van der Waals surface area contributed by atoms with Gasteiger partial charge in [-0.2, -0.15) is 0 Å². The molecule has 17 heteroatoms. The molecule has 1 saturated heterocycles. The van der Waals surface area contributed by atoms with Crippen LogP contribution in [0.2, 0.25) is 0 Å². The number of amides is 6. The summed E-state index contributed by atoms with van der Waals surface area (Å²) in [5.41, 5.74) is 0.643. The largest absolute Gasteiger partial charge is 0.444 e. The Morgan fingerprint density at radius 1 is 1.00 bits per heavy atom. The number of nitrogens with zero attached hydrogens (tertiary/aromatic N) is 3. The van der Waals surface area contributed by atoms with Gasteiger partial charge in [-0.1, -0.05) is 91.6 Å². The summed E-state index contributed by atoms with van der Waals surface area (Å²) < 4.78 is 31.5. The molecule has 2 heterocycles. The third kappa shape index (κ3) is 13.3. The lowest BCUT2D eigenvalue weighted by atomic mass is 9.85. The molecule has 57 heavy (non-hydrogen) atoms. The Hall–Kier alpha value is -4.51. The second-order valence-electron chi connectivity index (χ2n) is 17.1. The second-order valence-corrected chi connectivity index (χ2v) is 19.2. The van der Waals surface area contributed by atoms with Gasteiger partial charge in [0.05, 0.1) is 18.8 Å². The molecule has 1 aromatic carbocycles. The first-order chi connectivity index (χ1) is 26.5. The molecule has 4 N–H and O–H groups in total. The molecule has 2 aliphatic heterocycles. The molecule has 0 aromatic heterocycles. The van der Waals surface area contributed by atoms with Gasteiger partial charge in [0.25, 0.3) is 5.91 Å². The first-order valence-corrected chi connectivity index (χ1v) is 21.4. The number of sulfonamides is 1. The number of likely N-dealkylation sites (N-methyl/N-ethyl adjacent to an activating group) is 1. The molecule has 2 aliphatic rings. The van der Waals surface area contributed by atoms with Crippen molar-refractivity contribution in [1.29, 1.82) is 0 Å². The number of urea groups is 1. The fourth-order valence-electron chi connectivity index (χ4n) is 6.67. The number of rotatable bonds is 16. The van der Waals surface area contributed by atoms with Crippen LogP contribution in [0.3, 0.4) is 0 Å². The smallest absolute Gasteiger partial charge is 0.410 e. The molecule has 2 unspecified atom stereocenters. The summed E-state index contributed by atoms with van der Waals surface area (Å²) in [5, 5.41) is 10.8. The quantitative estimate of drug-likeness (QED) is 0.143. The SMILES string of the molecule is C=CCNC(=O)C(=O)C(CCCC)NC(=O)C1C[C@@H](OC(=O)N2CCc3ccccc3C2)CN1C(=O)[C@@H](NC(=O)N[C@H](CN(C)S(C)(=O)=O)C(C)(C)C)C(C)(C)C. The highest BCUT2D eigenvalue weighted by Gasteiger charge is 2.47. The molecule has 1 aromatic rings. The van der Waals surface area contributed by atoms with Gasteiger partial charge < -0.3 is 35.8 Å². The number of fused-ring (bicyclic) bond motifs is 1. The van der Waals surface area contributed by atoms with Crippen LogP contribution in [0, 0.1) is 10.8 Å². The molecule has 5 atom stereocenters. The lowest BCUT2D eigenvalue weighted by Gasteiger charge is -2.37. The van der Waals surface area contributed by atoms with Crippen molar-refractivity contribution in [3.63, 3.8) is 0 Å². The molecule has 3 rings (SSSR count). The fraction of sp³-hybridized carbons (Fsp3) is 0.650. The van der Waals surface area contributed by atoms with Crippen LogP contribution >= 0.6 is 0 Å². The molecule has 0 spiro atoms. The Bertz CT molecular complexity index is 1760. The molecule has 318 valence electrons. The van der Waals surface area contributed by atoms with Crippen molar-refractivity contribution < 1.29 is 41.9 Å². The molecule has 6 amide bonds. The van der Waals surface area contributed by atoms with Gasteiger partial charge in [0.1, 0.15) is 18.2 Å². The Morgan fingerprint density at radius 2 is 1.65 bits per heavy atom. The van der Waals surface area contributed by atoms with Crippen LogP contribution in [-0.4, -0.2) is 128 Å². The second kappa shape index (κ2) is 19.8. The zero-order chi connectivity index (χ0) is 42.9. The number of unbranched alkanes of at least 4 members (excludes halogenated alkanes) is 1. The van der Waals surface area contributed by atoms with E-state index in [9.17, 15) is 37.2 Å². The normalized spacial score (nSPS) is 18.8. The fourth-order valence-corrected chi connectivity index (χ4v) is 7.09. The van der Waals surface area contributed by atoms with Gasteiger partial charge in [0.2, 0.25) is 27.6 Å². The number of likely N-dealkylation sites (tertiary alicyclic amines) is 1. The average molecular weight is 818 g/mol. The number of ketones is 1. The minimum atomic E-state index is -3.57. The molecular weight excluding hydrogens is 755 g/mol. The molecule has 0 saturated carbocycles. The number of nitrogens with one attached hydrogen (secondary N) is 4. The minimum Gasteiger partial charge on any atom is -0.444 e. The number of Topliss-reactive ketones (excluding diaryl/α,β-unsaturated/α-hetero) is 1. The van der Waals surface area contributed by atoms with Crippen LogP contribution in [0.25, 0.3) is 0 Å². The van der Waals surface area contributed by atoms with Crippen LogP contribution in [-0.2, 0) is 46.9 Å². The van der Waals surface area contributed by atoms with Gasteiger partial charge >= 0.3 is 12.1 Å². The molecule has 0 aliphatic carbocycles. The van der Waals surface area contributed by atoms with E-state index >= 15 is 0 Å². The predicted octanol–water partition coefficient (Wildman–Crippen LogP) is 2.72. The Balaban J connectivity index is 1.92. The van der Waals surface area contributed by atoms with Crippen molar-refractivity contribution >= 4 is 45.7 Å². The van der Waals surface area contributed by atoms with Crippen molar-refractivity contribution in [2.75, 3.05) is 39.5 Å². The monoisotopic (exact) mass is 817 g/mol. The van der Waals surface area contributed by atoms with Crippen LogP contribution in [0.1, 0.15) is 85.3 Å². The molecule has 16 nitrogen and oxygen atoms in total. The highest BCUT2D eigenvalue weighted by molar-refractivity contribution is 7.88. The van der Waals surface area contributed by atoms with Crippen LogP contribution in [0.4, 0.5) is 9.59 Å². The number of carbonyl (C=O) groups excluding carboxylic acids is 6. The van der Waals surface area contributed by atoms with Gasteiger partial charge in [-0.25, -0.2) is 22.3 Å². The highest BCUT2D eigenvalue weighted by atomic mass is 32.2. The van der Waals surface area contributed by atoms with E-state index in [1.807, 2.05) is 52.0 Å². The lowest BCUT2D eigenvalue weighted by molar-refractivity contribution is -0.143. The molecular formula is C40H63N7O9S. The first kappa shape index (κ1) is 46.9. The van der Waals surface area contributed by atoms with Crippen molar-refractivity contribution in [2.45, 2.75) is 117 Å². The standard InChI is InChI=1S/C40H63N7O9S/c1-11-13-18-29(32(48)35(50)41-20-12-2)42-34(49)30-22-28(56-38(53)46-21-19-26-16-14-15-17-27(26)23-46)24-47(30)36(51)33(40(6,7)8)44-37(52)43-31(39(3,4)5)25-45(9)57(10,54)55/h12,14-17,28-31,33H,2,11,13,18-25H2,1,3-10H3,(H,41,50)(H,42,49)(H2,43,44,52)/t28-,29?,30?,31-,33-/m1/s1. The van der Waals surface area contributed by atoms with E-state index in [4.69, 9.17) is 4.74 Å². The molecule has 0 bridgehead atoms. The van der Waals surface area contributed by atoms with Crippen molar-refractivity contribution in [3.05, 3.63) is 48.0 Å². The summed E-state index contributed by atoms with van der Waals surface area (Å²) >= 11 is 0. The maximum atomic E-state index is 14.6. The van der Waals surface area contributed by atoms with E-state index in [-0.39, 0.29) is 32.5 Å². The Morgan fingerprint density at radius 3 is 2.23 bits per heavy atom. The maximum absolute atomic E-state index is 14.6. The minimum absolute atomic E-state index is 0.0303. The third-order valence-electron chi connectivity index (χ3n) is 10.4. The van der Waals surface area contributed by atoms with E-state index in [0.29, 0.717) is 32.4 Å². The van der Waals surface area contributed by atoms with E-state index in [1.54, 1.807) is 25.7 Å². The van der Waals surface area contributed by atoms with Gasteiger partial charge in [0.15, 0.2) is 0 Å². The van der Waals surface area contributed by atoms with Gasteiger partial charge in [-0.15, -0.1) is 6.58 Å². The Kier molecular flexibility index (Phi) is 16.3. The number of ether oxygens (including phenoxy) is 1. The van der Waals surface area contributed by atoms with E-state index in [1.165, 1.54) is 18.0 Å². The van der Waals surface area contributed by atoms with Crippen molar-refractivity contribution in [3.8, 4) is 0 Å². The number of carbonyl (C=O) groups is 6. The average Bonchev–Trinajstić information content (AvgIpc) is 3.55. The number of hydrogen-bond acceptors (Lipinski definition) is 9. The van der Waals surface area contributed by atoms with E-state index < -0.39 is 86.8 Å². The summed E-state index contributed by atoms with van der Waals surface area (Å²) in [6.07, 6.45) is 2.90. The first-order valence-electron chi connectivity index (χ1n) is 19.5. The van der Waals surface area contributed by atoms with Crippen molar-refractivity contribution in [1.82, 2.24) is 35.4 Å². The summed E-state index contributed by atoms with van der Waals surface area (Å²) in [6.45, 7) is 16.8. The highest BCUT2D eigenvalue weighted by Crippen LogP contribution is 2.29. The van der Waals surface area contributed by atoms with Crippen LogP contribution in [0.5, 0.6) is 0 Å². The summed E-state index contributed by atoms with van der Waals surface area (Å²) in [5.74, 6) is -3.08. The maximum Gasteiger partial charge on any atom is 0.410 e. The summed E-state index contributed by atoms with van der Waals surface area (Å²) in [4.78, 5) is 84.7. The lowest BCUT2D eigenvalue weighted by Crippen LogP contribution is -2.62. The predicted molar refractivity (Wildman–Crippen MR) is 216 cm³/mol. The Labute approximate surface area is 337 Å². The molecule has 0 radical (unpaired) electrons. The van der Waals surface area contributed by atoms with E-state index in [2.05, 4.69) is 27.8 Å². The zero-order valence-corrected chi connectivity index (χ0v) is 35.8. The number of hydrogen-bond donors (Lipinski definition) is 4. The van der Waals surface area contributed by atoms with Gasteiger partial charge in [-0.3, -0.25) is 19.2 Å². The zero-order valence-electron chi connectivity index (χ0n) is 35.0. The van der Waals surface area contributed by atoms with Gasteiger partial charge in [-0.05, 0) is 34.8 Å². The summed E-state index contributed by atoms with van der Waals surface area (Å²) in [6, 6.07) is 2.79. The third-order valence-corrected chi connectivity index (χ3v) is 11.6. The van der Waals surface area contributed by atoms with Crippen LogP contribution in [0.15, 0.2) is 36.9 Å². The summed E-state index contributed by atoms with van der Waals surface area (Å²) in [7, 11) is -2.15. The van der Waals surface area contributed by atoms with E-state index in [0.717, 1.165) is 21.7 Å². The molecule has 1 fully saturated rings. The van der Waals surface area contributed by atoms with Crippen molar-refractivity contribution in [2.24, 2.45) is 10.8 Å². The van der Waals surface area contributed by atoms with Gasteiger partial charge in [0, 0.05) is 45.7 Å².